The van der Waals surface area contributed by atoms with Crippen LogP contribution in [0.1, 0.15) is 5.56 Å². The number of benzene rings is 3. The van der Waals surface area contributed by atoms with Crippen molar-refractivity contribution in [3.05, 3.63) is 86.9 Å². The van der Waals surface area contributed by atoms with Crippen LogP contribution in [0, 0.1) is 11.3 Å². The van der Waals surface area contributed by atoms with Gasteiger partial charge < -0.3 is 20.1 Å². The van der Waals surface area contributed by atoms with Gasteiger partial charge >= 0.3 is 0 Å². The number of carbonyl (C=O) groups is 2. The smallest absolute Gasteiger partial charge is 0.266 e. The van der Waals surface area contributed by atoms with Crippen LogP contribution in [-0.2, 0) is 9.59 Å². The number of amides is 2. The lowest BCUT2D eigenvalue weighted by Gasteiger charge is -2.13. The molecule has 2 amide bonds. The van der Waals surface area contributed by atoms with E-state index < -0.39 is 11.8 Å². The van der Waals surface area contributed by atoms with Gasteiger partial charge in [0.25, 0.3) is 11.8 Å². The number of nitriles is 1. The van der Waals surface area contributed by atoms with E-state index in [4.69, 9.17) is 44.3 Å². The highest BCUT2D eigenvalue weighted by Gasteiger charge is 2.16. The first-order chi connectivity index (χ1) is 16.8. The van der Waals surface area contributed by atoms with Crippen LogP contribution in [0.4, 0.5) is 11.4 Å². The normalized spacial score (nSPS) is 10.8. The number of rotatable bonds is 8. The van der Waals surface area contributed by atoms with Crippen molar-refractivity contribution in [3.63, 3.8) is 0 Å². The van der Waals surface area contributed by atoms with Gasteiger partial charge in [-0.3, -0.25) is 9.59 Å². The molecule has 10 heteroatoms. The summed E-state index contributed by atoms with van der Waals surface area (Å²) in [6.45, 7) is -0.333. The molecule has 0 fully saturated rings. The SMILES string of the molecule is COc1cc(/C=C(\C#N)C(=O)Nc2ccc(Cl)cc2)cc(Cl)c1OCC(=O)Nc1ccc(Cl)cc1. The van der Waals surface area contributed by atoms with E-state index in [9.17, 15) is 14.9 Å². The Morgan fingerprint density at radius 2 is 1.51 bits per heavy atom. The van der Waals surface area contributed by atoms with E-state index in [-0.39, 0.29) is 28.7 Å². The van der Waals surface area contributed by atoms with E-state index >= 15 is 0 Å². The summed E-state index contributed by atoms with van der Waals surface area (Å²) in [7, 11) is 1.40. The highest BCUT2D eigenvalue weighted by atomic mass is 35.5. The third-order valence-electron chi connectivity index (χ3n) is 4.51. The second kappa shape index (κ2) is 12.1. The van der Waals surface area contributed by atoms with Crippen molar-refractivity contribution in [3.8, 4) is 17.6 Å². The number of carbonyl (C=O) groups excluding carboxylic acids is 2. The summed E-state index contributed by atoms with van der Waals surface area (Å²) >= 11 is 18.0. The Morgan fingerprint density at radius 3 is 2.06 bits per heavy atom. The molecule has 0 unspecified atom stereocenters. The van der Waals surface area contributed by atoms with Crippen LogP contribution in [0.2, 0.25) is 15.1 Å². The maximum absolute atomic E-state index is 12.5. The lowest BCUT2D eigenvalue weighted by Crippen LogP contribution is -2.20. The highest BCUT2D eigenvalue weighted by Crippen LogP contribution is 2.37. The molecular formula is C25H18Cl3N3O4. The molecule has 0 atom stereocenters. The van der Waals surface area contributed by atoms with Crippen LogP contribution in [0.25, 0.3) is 6.08 Å². The number of methoxy groups -OCH3 is 1. The standard InChI is InChI=1S/C25H18Cl3N3O4/c1-34-22-12-15(10-16(13-29)25(33)31-20-8-4-18(27)5-9-20)11-21(28)24(22)35-14-23(32)30-19-6-2-17(26)3-7-19/h2-12H,14H2,1H3,(H,30,32)(H,31,33)/b16-10+. The Kier molecular flexibility index (Phi) is 8.98. The number of halogens is 3. The molecule has 178 valence electrons. The van der Waals surface area contributed by atoms with Crippen LogP contribution in [0.3, 0.4) is 0 Å². The van der Waals surface area contributed by atoms with E-state index in [1.807, 2.05) is 6.07 Å². The molecule has 7 nitrogen and oxygen atoms in total. The minimum atomic E-state index is -0.607. The Hall–Kier alpha value is -3.70. The molecular weight excluding hydrogens is 513 g/mol. The molecule has 0 radical (unpaired) electrons. The summed E-state index contributed by atoms with van der Waals surface area (Å²) < 4.78 is 10.9. The Bertz CT molecular complexity index is 1300. The van der Waals surface area contributed by atoms with Crippen molar-refractivity contribution >= 4 is 64.1 Å². The van der Waals surface area contributed by atoms with Crippen molar-refractivity contribution in [2.75, 3.05) is 24.4 Å². The second-order valence-corrected chi connectivity index (χ2v) is 8.29. The molecule has 3 aromatic rings. The molecule has 0 aliphatic carbocycles. The van der Waals surface area contributed by atoms with Crippen LogP contribution in [0.15, 0.2) is 66.2 Å². The van der Waals surface area contributed by atoms with Crippen LogP contribution in [-0.4, -0.2) is 25.5 Å². The van der Waals surface area contributed by atoms with Crippen molar-refractivity contribution in [1.82, 2.24) is 0 Å². The highest BCUT2D eigenvalue weighted by molar-refractivity contribution is 6.32. The number of hydrogen-bond acceptors (Lipinski definition) is 5. The van der Waals surface area contributed by atoms with Gasteiger partial charge in [0.05, 0.1) is 12.1 Å². The largest absolute Gasteiger partial charge is 0.493 e. The fraction of sp³-hybridized carbons (Fsp3) is 0.0800. The molecule has 0 saturated heterocycles. The summed E-state index contributed by atoms with van der Waals surface area (Å²) in [5, 5.41) is 16.0. The van der Waals surface area contributed by atoms with Gasteiger partial charge in [0, 0.05) is 21.4 Å². The molecule has 3 rings (SSSR count). The first kappa shape index (κ1) is 25.9. The first-order valence-corrected chi connectivity index (χ1v) is 11.2. The lowest BCUT2D eigenvalue weighted by molar-refractivity contribution is -0.118. The molecule has 3 aromatic carbocycles. The monoisotopic (exact) mass is 529 g/mol. The van der Waals surface area contributed by atoms with Crippen molar-refractivity contribution in [2.24, 2.45) is 0 Å². The summed E-state index contributed by atoms with van der Waals surface area (Å²) in [4.78, 5) is 24.7. The van der Waals surface area contributed by atoms with Crippen molar-refractivity contribution < 1.29 is 19.1 Å². The van der Waals surface area contributed by atoms with Crippen LogP contribution in [0.5, 0.6) is 11.5 Å². The Labute approximate surface area is 216 Å². The molecule has 0 saturated carbocycles. The van der Waals surface area contributed by atoms with E-state index in [1.165, 1.54) is 25.3 Å². The molecule has 35 heavy (non-hydrogen) atoms. The van der Waals surface area contributed by atoms with Gasteiger partial charge in [-0.25, -0.2) is 0 Å². The first-order valence-electron chi connectivity index (χ1n) is 10.0. The zero-order valence-electron chi connectivity index (χ0n) is 18.3. The molecule has 0 bridgehead atoms. The zero-order chi connectivity index (χ0) is 25.4. The summed E-state index contributed by atoms with van der Waals surface area (Å²) in [6.07, 6.45) is 1.36. The summed E-state index contributed by atoms with van der Waals surface area (Å²) in [5.74, 6) is -0.663. The Morgan fingerprint density at radius 1 is 0.943 bits per heavy atom. The fourth-order valence-electron chi connectivity index (χ4n) is 2.88. The maximum atomic E-state index is 12.5. The van der Waals surface area contributed by atoms with Crippen LogP contribution >= 0.6 is 34.8 Å². The topological polar surface area (TPSA) is 100 Å². The van der Waals surface area contributed by atoms with Gasteiger partial charge in [-0.05, 0) is 72.3 Å². The fourth-order valence-corrected chi connectivity index (χ4v) is 3.40. The minimum Gasteiger partial charge on any atom is -0.493 e. The zero-order valence-corrected chi connectivity index (χ0v) is 20.5. The predicted octanol–water partition coefficient (Wildman–Crippen LogP) is 6.22. The number of nitrogens with one attached hydrogen (secondary N) is 2. The van der Waals surface area contributed by atoms with Crippen LogP contribution < -0.4 is 20.1 Å². The van der Waals surface area contributed by atoms with E-state index in [0.717, 1.165) is 0 Å². The van der Waals surface area contributed by atoms with Crippen molar-refractivity contribution in [2.45, 2.75) is 0 Å². The summed E-state index contributed by atoms with van der Waals surface area (Å²) in [6, 6.07) is 18.0. The van der Waals surface area contributed by atoms with Gasteiger partial charge in [0.1, 0.15) is 11.6 Å². The quantitative estimate of drug-likeness (QED) is 0.266. The van der Waals surface area contributed by atoms with E-state index in [0.29, 0.717) is 27.0 Å². The van der Waals surface area contributed by atoms with Gasteiger partial charge in [0.2, 0.25) is 0 Å². The average Bonchev–Trinajstić information content (AvgIpc) is 2.84. The number of nitrogens with zero attached hydrogens (tertiary/aromatic N) is 1. The van der Waals surface area contributed by atoms with Gasteiger partial charge in [-0.15, -0.1) is 0 Å². The van der Waals surface area contributed by atoms with E-state index in [1.54, 1.807) is 48.5 Å². The third kappa shape index (κ3) is 7.39. The third-order valence-corrected chi connectivity index (χ3v) is 5.29. The number of anilines is 2. The predicted molar refractivity (Wildman–Crippen MR) is 137 cm³/mol. The lowest BCUT2D eigenvalue weighted by atomic mass is 10.1. The summed E-state index contributed by atoms with van der Waals surface area (Å²) in [5.41, 5.74) is 1.31. The molecule has 0 aliphatic rings. The molecule has 0 aromatic heterocycles. The second-order valence-electron chi connectivity index (χ2n) is 7.01. The molecule has 0 spiro atoms. The maximum Gasteiger partial charge on any atom is 0.266 e. The molecule has 2 N–H and O–H groups in total. The Balaban J connectivity index is 1.72. The molecule has 0 aliphatic heterocycles. The van der Waals surface area contributed by atoms with E-state index in [2.05, 4.69) is 10.6 Å². The van der Waals surface area contributed by atoms with Gasteiger partial charge in [0.15, 0.2) is 18.1 Å². The average molecular weight is 531 g/mol. The number of ether oxygens (including phenoxy) is 2. The minimum absolute atomic E-state index is 0.130. The molecule has 0 heterocycles. The number of hydrogen-bond donors (Lipinski definition) is 2. The van der Waals surface area contributed by atoms with Gasteiger partial charge in [-0.1, -0.05) is 34.8 Å². The van der Waals surface area contributed by atoms with Gasteiger partial charge in [-0.2, -0.15) is 5.26 Å². The van der Waals surface area contributed by atoms with Crippen molar-refractivity contribution in [1.29, 1.82) is 5.26 Å².